The maximum Gasteiger partial charge on any atom is 0.241 e. The van der Waals surface area contributed by atoms with Crippen LogP contribution < -0.4 is 4.90 Å². The third kappa shape index (κ3) is 3.05. The number of pyridine rings is 1. The van der Waals surface area contributed by atoms with E-state index in [1.165, 1.54) is 0 Å². The quantitative estimate of drug-likeness (QED) is 0.825. The molecular weight excluding hydrogens is 316 g/mol. The number of nitrogens with zero attached hydrogens (tertiary/aromatic N) is 6. The molecule has 25 heavy (non-hydrogen) atoms. The average Bonchev–Trinajstić information content (AvgIpc) is 3.20. The highest BCUT2D eigenvalue weighted by Gasteiger charge is 2.47. The predicted molar refractivity (Wildman–Crippen MR) is 95.1 cm³/mol. The van der Waals surface area contributed by atoms with Gasteiger partial charge in [-0.15, -0.1) is 0 Å². The number of likely N-dealkylation sites (N-methyl/N-ethyl adjacent to an activating group) is 1. The van der Waals surface area contributed by atoms with Crippen LogP contribution in [0.25, 0.3) is 0 Å². The molecule has 2 saturated heterocycles. The second kappa shape index (κ2) is 6.24. The highest BCUT2D eigenvalue weighted by atomic mass is 16.2. The number of anilines is 1. The molecule has 0 unspecified atom stereocenters. The van der Waals surface area contributed by atoms with Crippen molar-refractivity contribution in [2.75, 3.05) is 38.1 Å². The van der Waals surface area contributed by atoms with Crippen LogP contribution in [0.3, 0.4) is 0 Å². The van der Waals surface area contributed by atoms with E-state index in [2.05, 4.69) is 33.0 Å². The monoisotopic (exact) mass is 340 g/mol. The Morgan fingerprint density at radius 1 is 1.24 bits per heavy atom. The van der Waals surface area contributed by atoms with Gasteiger partial charge < -0.3 is 4.90 Å². The summed E-state index contributed by atoms with van der Waals surface area (Å²) >= 11 is 0. The third-order valence-corrected chi connectivity index (χ3v) is 5.46. The maximum absolute atomic E-state index is 12.6. The van der Waals surface area contributed by atoms with Crippen molar-refractivity contribution in [1.82, 2.24) is 24.6 Å². The number of likely N-dealkylation sites (tertiary alicyclic amines) is 1. The second-order valence-electron chi connectivity index (χ2n) is 7.21. The molecule has 2 aliphatic heterocycles. The molecule has 2 aromatic rings. The molecule has 2 aromatic heterocycles. The van der Waals surface area contributed by atoms with Gasteiger partial charge in [0.15, 0.2) is 0 Å². The molecule has 0 radical (unpaired) electrons. The molecule has 7 heteroatoms. The van der Waals surface area contributed by atoms with Gasteiger partial charge in [-0.3, -0.25) is 24.3 Å². The van der Waals surface area contributed by atoms with E-state index in [0.717, 1.165) is 37.4 Å². The van der Waals surface area contributed by atoms with Gasteiger partial charge in [0.1, 0.15) is 0 Å². The second-order valence-corrected chi connectivity index (χ2v) is 7.21. The fourth-order valence-electron chi connectivity index (χ4n) is 3.98. The van der Waals surface area contributed by atoms with E-state index in [9.17, 15) is 4.79 Å². The molecule has 132 valence electrons. The van der Waals surface area contributed by atoms with Crippen molar-refractivity contribution in [2.24, 2.45) is 7.05 Å². The first-order chi connectivity index (χ1) is 12.1. The van der Waals surface area contributed by atoms with Crippen LogP contribution in [-0.4, -0.2) is 69.2 Å². The molecule has 1 spiro atoms. The lowest BCUT2D eigenvalue weighted by Gasteiger charge is -2.46. The van der Waals surface area contributed by atoms with E-state index < -0.39 is 0 Å². The zero-order valence-electron chi connectivity index (χ0n) is 14.8. The lowest BCUT2D eigenvalue weighted by atomic mass is 9.93. The fraction of sp³-hybridized carbons (Fsp3) is 0.500. The van der Waals surface area contributed by atoms with Gasteiger partial charge in [-0.05, 0) is 25.6 Å². The molecule has 0 aliphatic carbocycles. The van der Waals surface area contributed by atoms with E-state index >= 15 is 0 Å². The molecule has 7 nitrogen and oxygen atoms in total. The first-order valence-electron chi connectivity index (χ1n) is 8.68. The number of carbonyl (C=O) groups is 1. The van der Waals surface area contributed by atoms with Crippen molar-refractivity contribution in [3.63, 3.8) is 0 Å². The lowest BCUT2D eigenvalue weighted by molar-refractivity contribution is -0.123. The van der Waals surface area contributed by atoms with E-state index in [0.29, 0.717) is 13.1 Å². The number of aromatic nitrogens is 3. The van der Waals surface area contributed by atoms with Crippen molar-refractivity contribution < 1.29 is 4.79 Å². The Hall–Kier alpha value is -2.25. The lowest BCUT2D eigenvalue weighted by Crippen LogP contribution is -2.64. The number of piperazine rings is 1. The highest BCUT2D eigenvalue weighted by molar-refractivity contribution is 5.95. The third-order valence-electron chi connectivity index (χ3n) is 5.46. The molecule has 0 aromatic carbocycles. The maximum atomic E-state index is 12.6. The summed E-state index contributed by atoms with van der Waals surface area (Å²) in [6.07, 6.45) is 6.59. The van der Waals surface area contributed by atoms with Crippen LogP contribution in [0.15, 0.2) is 36.8 Å². The number of hydrogen-bond acceptors (Lipinski definition) is 5. The minimum atomic E-state index is -0.00146. The van der Waals surface area contributed by atoms with Crippen molar-refractivity contribution in [1.29, 1.82) is 0 Å². The van der Waals surface area contributed by atoms with E-state index in [1.54, 1.807) is 10.9 Å². The average molecular weight is 340 g/mol. The van der Waals surface area contributed by atoms with Crippen LogP contribution in [0.4, 0.5) is 5.69 Å². The summed E-state index contributed by atoms with van der Waals surface area (Å²) in [6.45, 7) is 4.00. The number of carbonyl (C=O) groups excluding carboxylic acids is 1. The zero-order valence-corrected chi connectivity index (χ0v) is 14.8. The first-order valence-corrected chi connectivity index (χ1v) is 8.68. The molecular formula is C18H24N6O. The summed E-state index contributed by atoms with van der Waals surface area (Å²) in [4.78, 5) is 23.6. The normalized spacial score (nSPS) is 25.2. The van der Waals surface area contributed by atoms with Gasteiger partial charge >= 0.3 is 0 Å². The fourth-order valence-corrected chi connectivity index (χ4v) is 3.98. The zero-order chi connectivity index (χ0) is 17.4. The van der Waals surface area contributed by atoms with Gasteiger partial charge in [0.05, 0.1) is 29.7 Å². The Kier molecular flexibility index (Phi) is 4.05. The number of aryl methyl sites for hydroxylation is 1. The van der Waals surface area contributed by atoms with Crippen LogP contribution in [0.2, 0.25) is 0 Å². The van der Waals surface area contributed by atoms with Gasteiger partial charge in [0.2, 0.25) is 5.91 Å². The van der Waals surface area contributed by atoms with Crippen LogP contribution in [0.5, 0.6) is 0 Å². The number of amides is 1. The molecule has 2 aliphatic rings. The van der Waals surface area contributed by atoms with Gasteiger partial charge in [-0.2, -0.15) is 5.10 Å². The summed E-state index contributed by atoms with van der Waals surface area (Å²) in [5, 5.41) is 4.22. The number of rotatable bonds is 3. The molecule has 2 fully saturated rings. The Balaban J connectivity index is 1.51. The van der Waals surface area contributed by atoms with Crippen molar-refractivity contribution in [3.05, 3.63) is 42.5 Å². The summed E-state index contributed by atoms with van der Waals surface area (Å²) < 4.78 is 1.75. The Morgan fingerprint density at radius 2 is 2.12 bits per heavy atom. The minimum absolute atomic E-state index is 0.00146. The van der Waals surface area contributed by atoms with Crippen molar-refractivity contribution in [2.45, 2.75) is 18.5 Å². The summed E-state index contributed by atoms with van der Waals surface area (Å²) in [5.41, 5.74) is 1.99. The van der Waals surface area contributed by atoms with Crippen LogP contribution in [0, 0.1) is 0 Å². The standard InChI is InChI=1S/C18H24N6O/c1-21-12-17(25)24(16-9-20-22(2)11-16)14-18(21)6-8-23(13-18)10-15-5-3-4-7-19-15/h3-5,7,9,11H,6,8,10,12-14H2,1-2H3/t18-/m1/s1. The molecule has 0 bridgehead atoms. The van der Waals surface area contributed by atoms with Gasteiger partial charge in [0.25, 0.3) is 0 Å². The Bertz CT molecular complexity index is 760. The minimum Gasteiger partial charge on any atom is -0.306 e. The molecule has 4 rings (SSSR count). The van der Waals surface area contributed by atoms with Crippen LogP contribution in [-0.2, 0) is 18.4 Å². The molecule has 0 N–H and O–H groups in total. The molecule has 1 atom stereocenters. The summed E-state index contributed by atoms with van der Waals surface area (Å²) in [6, 6.07) is 6.05. The molecule has 0 saturated carbocycles. The SMILES string of the molecule is CN1CC(=O)N(c2cnn(C)c2)C[C@]12CCN(Cc1ccccn1)C2. The summed E-state index contributed by atoms with van der Waals surface area (Å²) in [5.74, 6) is 0.143. The van der Waals surface area contributed by atoms with Crippen LogP contribution in [0.1, 0.15) is 12.1 Å². The Morgan fingerprint density at radius 3 is 2.84 bits per heavy atom. The Labute approximate surface area is 147 Å². The van der Waals surface area contributed by atoms with Crippen LogP contribution >= 0.6 is 0 Å². The van der Waals surface area contributed by atoms with Crippen molar-refractivity contribution >= 4 is 11.6 Å². The van der Waals surface area contributed by atoms with Gasteiger partial charge in [-0.1, -0.05) is 6.07 Å². The van der Waals surface area contributed by atoms with E-state index in [4.69, 9.17) is 0 Å². The van der Waals surface area contributed by atoms with Crippen molar-refractivity contribution in [3.8, 4) is 0 Å². The van der Waals surface area contributed by atoms with Gasteiger partial charge in [-0.25, -0.2) is 0 Å². The molecule has 1 amide bonds. The highest BCUT2D eigenvalue weighted by Crippen LogP contribution is 2.33. The molecule has 4 heterocycles. The van der Waals surface area contributed by atoms with E-state index in [-0.39, 0.29) is 11.4 Å². The smallest absolute Gasteiger partial charge is 0.241 e. The topological polar surface area (TPSA) is 57.5 Å². The largest absolute Gasteiger partial charge is 0.306 e. The summed E-state index contributed by atoms with van der Waals surface area (Å²) in [7, 11) is 3.95. The first kappa shape index (κ1) is 16.2. The van der Waals surface area contributed by atoms with Gasteiger partial charge in [0, 0.05) is 45.6 Å². The predicted octanol–water partition coefficient (Wildman–Crippen LogP) is 0.738. The number of hydrogen-bond donors (Lipinski definition) is 0. The van der Waals surface area contributed by atoms with E-state index in [1.807, 2.05) is 36.5 Å².